The van der Waals surface area contributed by atoms with E-state index >= 15 is 0 Å². The predicted molar refractivity (Wildman–Crippen MR) is 229 cm³/mol. The van der Waals surface area contributed by atoms with Crippen molar-refractivity contribution < 1.29 is 0 Å². The van der Waals surface area contributed by atoms with Crippen molar-refractivity contribution in [2.45, 2.75) is 182 Å². The van der Waals surface area contributed by atoms with Crippen LogP contribution in [0.5, 0.6) is 0 Å². The van der Waals surface area contributed by atoms with Crippen molar-refractivity contribution in [2.24, 2.45) is 0 Å². The first-order valence-corrected chi connectivity index (χ1v) is 21.6. The van der Waals surface area contributed by atoms with Crippen LogP contribution in [0.2, 0.25) is 0 Å². The predicted octanol–water partition coefficient (Wildman–Crippen LogP) is 14.8. The van der Waals surface area contributed by atoms with E-state index in [1.165, 1.54) is 114 Å². The third-order valence-electron chi connectivity index (χ3n) is 12.2. The summed E-state index contributed by atoms with van der Waals surface area (Å²) in [6.45, 7) is 18.3. The molecule has 0 heterocycles. The fourth-order valence-electron chi connectivity index (χ4n) is 8.93. The number of fused-ring (bicyclic) bond motifs is 4. The molecule has 4 aliphatic carbocycles. The molecule has 0 spiro atoms. The second-order valence-electron chi connectivity index (χ2n) is 17.5. The van der Waals surface area contributed by atoms with Crippen molar-refractivity contribution in [1.29, 1.82) is 0 Å². The quantitative estimate of drug-likeness (QED) is 0.199. The van der Waals surface area contributed by atoms with Gasteiger partial charge in [0.05, 0.1) is 0 Å². The molecule has 0 unspecified atom stereocenters. The molecule has 8 rings (SSSR count). The normalized spacial score (nSPS) is 15.9. The first-order valence-electron chi connectivity index (χ1n) is 21.6. The second kappa shape index (κ2) is 19.8. The van der Waals surface area contributed by atoms with E-state index in [9.17, 15) is 0 Å². The third-order valence-corrected chi connectivity index (χ3v) is 12.2. The largest absolute Gasteiger partial charge is 0.0617 e. The first kappa shape index (κ1) is 40.1. The minimum atomic E-state index is 0.673. The molecule has 0 bridgehead atoms. The van der Waals surface area contributed by atoms with Crippen molar-refractivity contribution in [3.05, 3.63) is 140 Å². The van der Waals surface area contributed by atoms with Gasteiger partial charge in [-0.1, -0.05) is 128 Å². The van der Waals surface area contributed by atoms with E-state index in [-0.39, 0.29) is 0 Å². The molecule has 4 aliphatic rings. The lowest BCUT2D eigenvalue weighted by Crippen LogP contribution is -2.06. The van der Waals surface area contributed by atoms with Gasteiger partial charge in [-0.05, 0) is 193 Å². The molecule has 4 aromatic rings. The Labute approximate surface area is 320 Å². The van der Waals surface area contributed by atoms with Crippen LogP contribution in [0.1, 0.15) is 197 Å². The Hall–Kier alpha value is -3.12. The van der Waals surface area contributed by atoms with E-state index in [1.807, 2.05) is 0 Å². The van der Waals surface area contributed by atoms with Gasteiger partial charge >= 0.3 is 0 Å². The summed E-state index contributed by atoms with van der Waals surface area (Å²) >= 11 is 0. The smallest absolute Gasteiger partial charge is 0.0216 e. The van der Waals surface area contributed by atoms with E-state index < -0.39 is 0 Å². The molecular formula is C52H72. The number of rotatable bonds is 4. The van der Waals surface area contributed by atoms with Gasteiger partial charge in [-0.25, -0.2) is 0 Å². The fraction of sp³-hybridized carbons (Fsp3) is 0.538. The Balaban J connectivity index is 0.000000134. The lowest BCUT2D eigenvalue weighted by molar-refractivity contribution is 0.670. The number of hydrogen-bond acceptors (Lipinski definition) is 0. The van der Waals surface area contributed by atoms with Crippen LogP contribution in [0.3, 0.4) is 0 Å². The molecule has 0 fully saturated rings. The van der Waals surface area contributed by atoms with Crippen LogP contribution >= 0.6 is 0 Å². The van der Waals surface area contributed by atoms with E-state index in [4.69, 9.17) is 0 Å². The Kier molecular flexibility index (Phi) is 15.3. The topological polar surface area (TPSA) is 0 Å². The summed E-state index contributed by atoms with van der Waals surface area (Å²) in [4.78, 5) is 0. The molecular weight excluding hydrogens is 625 g/mol. The molecule has 0 heteroatoms. The highest BCUT2D eigenvalue weighted by molar-refractivity contribution is 5.40. The van der Waals surface area contributed by atoms with Crippen LogP contribution in [0, 0.1) is 0 Å². The van der Waals surface area contributed by atoms with Crippen LogP contribution in [0.4, 0.5) is 0 Å². The average molecular weight is 697 g/mol. The standard InChI is InChI=1S/4C13H18/c2*1-10(2)12-9-5-7-11-6-3-4-8-13(11)12;2*1-10(2)12-8-7-11-5-3-4-6-13(11)9-12/h2*5,7,9-10H,3-4,6,8H2,1-2H3;2*7-10H,3-6H2,1-2H3. The molecule has 0 atom stereocenters. The van der Waals surface area contributed by atoms with Gasteiger partial charge < -0.3 is 0 Å². The molecule has 0 radical (unpaired) electrons. The van der Waals surface area contributed by atoms with Crippen LogP contribution in [-0.2, 0) is 51.4 Å². The van der Waals surface area contributed by atoms with Gasteiger partial charge in [0.25, 0.3) is 0 Å². The molecule has 0 nitrogen and oxygen atoms in total. The zero-order valence-electron chi connectivity index (χ0n) is 34.6. The highest BCUT2D eigenvalue weighted by Crippen LogP contribution is 2.30. The van der Waals surface area contributed by atoms with E-state index in [2.05, 4.69) is 128 Å². The van der Waals surface area contributed by atoms with Gasteiger partial charge in [-0.15, -0.1) is 0 Å². The van der Waals surface area contributed by atoms with Gasteiger partial charge in [0.2, 0.25) is 0 Å². The maximum Gasteiger partial charge on any atom is -0.0216 e. The third kappa shape index (κ3) is 11.0. The molecule has 0 saturated carbocycles. The summed E-state index contributed by atoms with van der Waals surface area (Å²) in [6.07, 6.45) is 21.5. The Morgan fingerprint density at radius 3 is 0.981 bits per heavy atom. The van der Waals surface area contributed by atoms with Crippen molar-refractivity contribution in [1.82, 2.24) is 0 Å². The lowest BCUT2D eigenvalue weighted by atomic mass is 9.85. The summed E-state index contributed by atoms with van der Waals surface area (Å²) in [5.41, 5.74) is 19.1. The number of benzene rings is 4. The molecule has 0 N–H and O–H groups in total. The van der Waals surface area contributed by atoms with Gasteiger partial charge in [0, 0.05) is 0 Å². The molecule has 0 aliphatic heterocycles. The van der Waals surface area contributed by atoms with E-state index in [0.29, 0.717) is 23.7 Å². The van der Waals surface area contributed by atoms with Gasteiger partial charge in [0.15, 0.2) is 0 Å². The van der Waals surface area contributed by atoms with Crippen molar-refractivity contribution in [3.8, 4) is 0 Å². The van der Waals surface area contributed by atoms with Gasteiger partial charge in [-0.2, -0.15) is 0 Å². The molecule has 52 heavy (non-hydrogen) atoms. The van der Waals surface area contributed by atoms with Crippen molar-refractivity contribution in [3.63, 3.8) is 0 Å². The van der Waals surface area contributed by atoms with Crippen LogP contribution in [-0.4, -0.2) is 0 Å². The molecule has 0 amide bonds. The average Bonchev–Trinajstić information content (AvgIpc) is 3.17. The first-order chi connectivity index (χ1) is 25.1. The highest BCUT2D eigenvalue weighted by Gasteiger charge is 2.16. The van der Waals surface area contributed by atoms with Crippen LogP contribution in [0.15, 0.2) is 72.8 Å². The SMILES string of the molecule is CC(C)c1ccc2c(c1)CCCC2.CC(C)c1ccc2c(c1)CCCC2.CC(C)c1cccc2c1CCCC2.CC(C)c1cccc2c1CCCC2. The monoisotopic (exact) mass is 697 g/mol. The summed E-state index contributed by atoms with van der Waals surface area (Å²) in [5.74, 6) is 2.72. The molecule has 4 aromatic carbocycles. The van der Waals surface area contributed by atoms with Gasteiger partial charge in [-0.3, -0.25) is 0 Å². The Bertz CT molecular complexity index is 1560. The number of hydrogen-bond donors (Lipinski definition) is 0. The van der Waals surface area contributed by atoms with E-state index in [1.54, 1.807) is 55.6 Å². The minimum Gasteiger partial charge on any atom is -0.0617 e. The van der Waals surface area contributed by atoms with Crippen LogP contribution in [0.25, 0.3) is 0 Å². The highest BCUT2D eigenvalue weighted by atomic mass is 14.2. The van der Waals surface area contributed by atoms with Gasteiger partial charge in [0.1, 0.15) is 0 Å². The number of aryl methyl sites for hydroxylation is 6. The Morgan fingerprint density at radius 1 is 0.308 bits per heavy atom. The molecule has 0 aromatic heterocycles. The summed E-state index contributed by atoms with van der Waals surface area (Å²) in [6, 6.07) is 27.8. The zero-order valence-corrected chi connectivity index (χ0v) is 34.6. The van der Waals surface area contributed by atoms with E-state index in [0.717, 1.165) is 0 Å². The van der Waals surface area contributed by atoms with Crippen molar-refractivity contribution >= 4 is 0 Å². The lowest BCUT2D eigenvalue weighted by Gasteiger charge is -2.21. The minimum absolute atomic E-state index is 0.673. The molecule has 0 saturated heterocycles. The Morgan fingerprint density at radius 2 is 0.635 bits per heavy atom. The summed E-state index contributed by atoms with van der Waals surface area (Å²) in [7, 11) is 0. The summed E-state index contributed by atoms with van der Waals surface area (Å²) < 4.78 is 0. The second-order valence-corrected chi connectivity index (χ2v) is 17.5. The summed E-state index contributed by atoms with van der Waals surface area (Å²) in [5, 5.41) is 0. The van der Waals surface area contributed by atoms with Crippen LogP contribution < -0.4 is 0 Å². The molecule has 280 valence electrons. The zero-order chi connectivity index (χ0) is 37.0. The maximum atomic E-state index is 2.42. The fourth-order valence-corrected chi connectivity index (χ4v) is 8.93. The van der Waals surface area contributed by atoms with Crippen molar-refractivity contribution in [2.75, 3.05) is 0 Å². The maximum absolute atomic E-state index is 2.42.